The van der Waals surface area contributed by atoms with Crippen molar-refractivity contribution in [3.63, 3.8) is 0 Å². The molecule has 0 aromatic carbocycles. The van der Waals surface area contributed by atoms with Crippen molar-refractivity contribution in [1.82, 2.24) is 46.6 Å². The molecular formula is C76H123N9O27. The molecule has 9 heterocycles. The average molecular weight is 1590 g/mol. The van der Waals surface area contributed by atoms with Crippen molar-refractivity contribution in [2.75, 3.05) is 118 Å². The first-order chi connectivity index (χ1) is 53.0. The van der Waals surface area contributed by atoms with Gasteiger partial charge in [-0.3, -0.25) is 43.5 Å². The number of aliphatic hydroxyl groups excluding tert-OH is 9. The molecule has 0 spiro atoms. The lowest BCUT2D eigenvalue weighted by Crippen LogP contribution is -2.76. The fraction of sp³-hybridized carbons (Fsp3) is 0.803. The van der Waals surface area contributed by atoms with Crippen LogP contribution in [0.4, 0.5) is 0 Å². The molecule has 0 aromatic heterocycles. The van der Waals surface area contributed by atoms with Crippen LogP contribution in [0.2, 0.25) is 0 Å². The van der Waals surface area contributed by atoms with Crippen LogP contribution in [0.1, 0.15) is 112 Å². The van der Waals surface area contributed by atoms with E-state index in [9.17, 15) is 120 Å². The molecule has 634 valence electrons. The molecule has 9 saturated heterocycles. The molecule has 9 rings (SSSR count). The van der Waals surface area contributed by atoms with Crippen LogP contribution in [-0.2, 0) is 57.4 Å². The zero-order chi connectivity index (χ0) is 82.6. The number of nitrogens with one attached hydrogen (secondary N) is 6. The van der Waals surface area contributed by atoms with E-state index in [2.05, 4.69) is 31.9 Å². The molecular weight excluding hydrogens is 1470 g/mol. The van der Waals surface area contributed by atoms with Crippen molar-refractivity contribution < 1.29 is 134 Å². The monoisotopic (exact) mass is 1590 g/mol. The van der Waals surface area contributed by atoms with Gasteiger partial charge in [-0.25, -0.2) is 14.4 Å². The van der Waals surface area contributed by atoms with E-state index in [0.717, 1.165) is 19.6 Å². The van der Waals surface area contributed by atoms with Crippen LogP contribution >= 0.6 is 0 Å². The van der Waals surface area contributed by atoms with E-state index < -0.39 is 267 Å². The number of carboxylic acids is 6. The summed E-state index contributed by atoms with van der Waals surface area (Å²) in [6, 6.07) is -6.88. The quantitative estimate of drug-likeness (QED) is 0.0120. The number of rotatable bonds is 56. The molecule has 0 saturated carbocycles. The number of carboxylic acid groups (broad SMARTS) is 6. The summed E-state index contributed by atoms with van der Waals surface area (Å²) in [5.74, 6) is -18.1. The van der Waals surface area contributed by atoms with Gasteiger partial charge in [-0.1, -0.05) is 18.2 Å². The van der Waals surface area contributed by atoms with Gasteiger partial charge in [0.05, 0.1) is 103 Å². The van der Waals surface area contributed by atoms with Crippen LogP contribution in [0, 0.1) is 62.1 Å². The summed E-state index contributed by atoms with van der Waals surface area (Å²) in [7, 11) is 0. The van der Waals surface area contributed by atoms with Gasteiger partial charge < -0.3 is 123 Å². The van der Waals surface area contributed by atoms with E-state index in [1.54, 1.807) is 35.5 Å². The van der Waals surface area contributed by atoms with Crippen LogP contribution in [0.3, 0.4) is 0 Å². The first kappa shape index (κ1) is 91.3. The highest BCUT2D eigenvalue weighted by atomic mass is 16.5. The molecule has 9 aliphatic heterocycles. The molecule has 23 unspecified atom stereocenters. The number of hydrogen-bond donors (Lipinski definition) is 21. The van der Waals surface area contributed by atoms with Gasteiger partial charge in [0.1, 0.15) is 0 Å². The van der Waals surface area contributed by atoms with Crippen molar-refractivity contribution in [2.24, 2.45) is 62.1 Å². The Morgan fingerprint density at radius 3 is 0.848 bits per heavy atom. The van der Waals surface area contributed by atoms with E-state index >= 15 is 0 Å². The lowest BCUT2D eigenvalue weighted by atomic mass is 9.37. The number of aliphatic carboxylic acids is 6. The SMILES string of the molecule is CC(O)C(CCC(C=CC(=O)OCCC1CN1)(C=CC(=O)OCCC1CN1)C=CC(=O)OCCC1CN1)(C(C)O)C(C)O.CC1CN1C(CC(=O)O)C(C(CC(=O)O)N1CC1C)(C(CC(=O)O)N1CC1C)C(CO)(CO)C(CO)C(CO)C(CO)(CO)C(C(CC(=O)O)C1CN1)(C(CC(=O)O)C1CN1)C(CC(=O)O)C1CN1. The molecule has 0 radical (unpaired) electrons. The Kier molecular flexibility index (Phi) is 31.9. The van der Waals surface area contributed by atoms with E-state index in [1.807, 2.05) is 0 Å². The minimum atomic E-state index is -2.52. The number of carbonyl (C=O) groups is 9. The number of hydrogen-bond acceptors (Lipinski definition) is 30. The third-order valence-corrected chi connectivity index (χ3v) is 26.2. The van der Waals surface area contributed by atoms with Crippen LogP contribution in [0.15, 0.2) is 36.5 Å². The number of ether oxygens (including phenoxy) is 3. The zero-order valence-corrected chi connectivity index (χ0v) is 65.0. The summed E-state index contributed by atoms with van der Waals surface area (Å²) < 4.78 is 16.0. The predicted octanol–water partition coefficient (Wildman–Crippen LogP) is -3.79. The fourth-order valence-electron chi connectivity index (χ4n) is 19.6. The number of esters is 3. The Morgan fingerprint density at radius 1 is 0.402 bits per heavy atom. The summed E-state index contributed by atoms with van der Waals surface area (Å²) in [6.07, 6.45) is 2.37. The van der Waals surface area contributed by atoms with Gasteiger partial charge in [0, 0.05) is 190 Å². The first-order valence-electron chi connectivity index (χ1n) is 39.3. The van der Waals surface area contributed by atoms with Crippen molar-refractivity contribution in [1.29, 1.82) is 0 Å². The number of nitrogens with zero attached hydrogens (tertiary/aromatic N) is 3. The van der Waals surface area contributed by atoms with Crippen molar-refractivity contribution in [3.05, 3.63) is 36.5 Å². The summed E-state index contributed by atoms with van der Waals surface area (Å²) in [5.41, 5.74) is -12.0. The van der Waals surface area contributed by atoms with E-state index in [-0.39, 0.29) is 71.9 Å². The zero-order valence-electron chi connectivity index (χ0n) is 65.0. The standard InChI is InChI=1S/C45H74N6O18.C31H49N3O9/c1-22-13-49(22)33(7-39(64)65)45(34(8-40(66)67)50-14-23(50)2,35(9-41(68)69)51-15-24(51)3)43(20-56,21-57)29(17-53)28(16-52)42(18-54,19-55)44(25(4-36(58)59)30-10-46-30,26(5-37(60)61)31-11-47-31)27(6-38(62)63)32-12-48-32;1-21(35)31(22(2)36,23(3)37)14-13-30(10-4-27(38)41-15-7-24-18-32-24,11-5-28(39)42-16-8-25-19-33-25)12-6-29(40)43-17-9-26-20-34-26/h22-35,46-48,52-57H,4-21H2,1-3H3,(H,58,59)(H,60,61)(H,62,63)(H,64,65)(H,66,67)(H,68,69);4-6,10-12,21-26,32-37H,7-9,13-20H2,1-3H3. The maximum atomic E-state index is 13.4. The molecule has 0 aromatic rings. The third-order valence-electron chi connectivity index (χ3n) is 26.2. The molecule has 21 N–H and O–H groups in total. The first-order valence-corrected chi connectivity index (χ1v) is 39.3. The minimum Gasteiger partial charge on any atom is -0.481 e. The highest BCUT2D eigenvalue weighted by Gasteiger charge is 2.77. The Hall–Kier alpha value is -6.27. The summed E-state index contributed by atoms with van der Waals surface area (Å²) >= 11 is 0. The highest BCUT2D eigenvalue weighted by molar-refractivity contribution is 5.85. The number of aliphatic hydroxyl groups is 9. The molecule has 0 aliphatic carbocycles. The Morgan fingerprint density at radius 2 is 0.652 bits per heavy atom. The Bertz CT molecular complexity index is 3020. The fourth-order valence-corrected chi connectivity index (χ4v) is 19.6. The highest BCUT2D eigenvalue weighted by Crippen LogP contribution is 2.70. The second kappa shape index (κ2) is 39.1. The molecule has 36 heteroatoms. The summed E-state index contributed by atoms with van der Waals surface area (Å²) in [6.45, 7) is 6.74. The normalized spacial score (nSPS) is 29.7. The van der Waals surface area contributed by atoms with Gasteiger partial charge in [-0.15, -0.1) is 0 Å². The Labute approximate surface area is 651 Å². The van der Waals surface area contributed by atoms with Gasteiger partial charge in [0.25, 0.3) is 0 Å². The average Bonchev–Trinajstić information content (AvgIpc) is 0.987. The van der Waals surface area contributed by atoms with Gasteiger partial charge in [-0.05, 0) is 109 Å². The van der Waals surface area contributed by atoms with Gasteiger partial charge in [-0.2, -0.15) is 0 Å². The van der Waals surface area contributed by atoms with E-state index in [1.165, 1.54) is 57.2 Å². The van der Waals surface area contributed by atoms with Crippen molar-refractivity contribution >= 4 is 53.7 Å². The van der Waals surface area contributed by atoms with Crippen LogP contribution in [0.5, 0.6) is 0 Å². The summed E-state index contributed by atoms with van der Waals surface area (Å²) in [4.78, 5) is 123. The molecule has 36 nitrogen and oxygen atoms in total. The van der Waals surface area contributed by atoms with Crippen LogP contribution in [-0.4, -0.2) is 354 Å². The Balaban J connectivity index is 0.000000314. The molecule has 0 bridgehead atoms. The molecule has 9 fully saturated rings. The maximum Gasteiger partial charge on any atom is 0.330 e. The summed E-state index contributed by atoms with van der Waals surface area (Å²) in [5, 5.41) is 190. The van der Waals surface area contributed by atoms with Crippen LogP contribution < -0.4 is 31.9 Å². The van der Waals surface area contributed by atoms with Crippen LogP contribution in [0.25, 0.3) is 0 Å². The molecule has 0 amide bonds. The predicted molar refractivity (Wildman–Crippen MR) is 397 cm³/mol. The van der Waals surface area contributed by atoms with E-state index in [0.29, 0.717) is 37.4 Å². The van der Waals surface area contributed by atoms with Gasteiger partial charge >= 0.3 is 53.7 Å². The largest absolute Gasteiger partial charge is 0.481 e. The minimum absolute atomic E-state index is 0.0617. The second-order valence-electron chi connectivity index (χ2n) is 33.0. The molecule has 112 heavy (non-hydrogen) atoms. The smallest absolute Gasteiger partial charge is 0.330 e. The van der Waals surface area contributed by atoms with Gasteiger partial charge in [0.15, 0.2) is 0 Å². The molecule has 23 atom stereocenters. The van der Waals surface area contributed by atoms with Gasteiger partial charge in [0.2, 0.25) is 0 Å². The van der Waals surface area contributed by atoms with Crippen molar-refractivity contribution in [2.45, 2.75) is 203 Å². The lowest BCUT2D eigenvalue weighted by molar-refractivity contribution is -0.257. The third kappa shape index (κ3) is 21.7. The van der Waals surface area contributed by atoms with Crippen molar-refractivity contribution in [3.8, 4) is 0 Å². The number of allylic oxidation sites excluding steroid dienone is 3. The van der Waals surface area contributed by atoms with E-state index in [4.69, 9.17) is 14.2 Å². The maximum absolute atomic E-state index is 13.4. The lowest BCUT2D eigenvalue weighted by Gasteiger charge is -2.68. The second-order valence-corrected chi connectivity index (χ2v) is 33.0. The molecule has 9 aliphatic rings. The number of carbonyl (C=O) groups excluding carboxylic acids is 3. The topological polar surface area (TPSA) is 625 Å².